The summed E-state index contributed by atoms with van der Waals surface area (Å²) in [5, 5.41) is 6.24. The molecule has 3 heterocycles. The van der Waals surface area contributed by atoms with Gasteiger partial charge in [-0.05, 0) is 26.0 Å². The molecule has 39 heavy (non-hydrogen) atoms. The van der Waals surface area contributed by atoms with Crippen LogP contribution in [0, 0.1) is 5.82 Å². The number of methoxy groups -OCH3 is 3. The third-order valence-electron chi connectivity index (χ3n) is 5.24. The Morgan fingerprint density at radius 3 is 2.33 bits per heavy atom. The van der Waals surface area contributed by atoms with Crippen LogP contribution in [0.3, 0.4) is 0 Å². The average molecular weight is 564 g/mol. The van der Waals surface area contributed by atoms with Crippen molar-refractivity contribution in [3.63, 3.8) is 0 Å². The molecule has 0 bridgehead atoms. The molecule has 0 spiro atoms. The highest BCUT2D eigenvalue weighted by atomic mass is 31.2. The van der Waals surface area contributed by atoms with Gasteiger partial charge >= 0.3 is 7.60 Å². The van der Waals surface area contributed by atoms with Gasteiger partial charge in [-0.3, -0.25) is 9.36 Å². The zero-order chi connectivity index (χ0) is 28.5. The molecule has 1 aliphatic heterocycles. The van der Waals surface area contributed by atoms with Gasteiger partial charge in [-0.2, -0.15) is 14.7 Å². The first-order valence-electron chi connectivity index (χ1n) is 11.3. The molecule has 1 amide bonds. The summed E-state index contributed by atoms with van der Waals surface area (Å²) in [6, 6.07) is 6.13. The van der Waals surface area contributed by atoms with Gasteiger partial charge in [0.05, 0.1) is 27.5 Å². The highest BCUT2D eigenvalue weighted by Gasteiger charge is 2.45. The van der Waals surface area contributed by atoms with Crippen molar-refractivity contribution >= 4 is 42.6 Å². The zero-order valence-corrected chi connectivity index (χ0v) is 22.7. The summed E-state index contributed by atoms with van der Waals surface area (Å²) in [4.78, 5) is 34.9. The number of rotatable bonds is 9. The van der Waals surface area contributed by atoms with Crippen molar-refractivity contribution in [3.05, 3.63) is 36.3 Å². The van der Waals surface area contributed by atoms with Crippen molar-refractivity contribution in [2.24, 2.45) is 0 Å². The summed E-state index contributed by atoms with van der Waals surface area (Å²) in [7, 11) is 0.253. The van der Waals surface area contributed by atoms with Crippen LogP contribution in [0.5, 0.6) is 23.0 Å². The number of nitrogens with one attached hydrogen (secondary N) is 2. The van der Waals surface area contributed by atoms with Crippen LogP contribution in [0.15, 0.2) is 30.5 Å². The molecule has 3 aromatic rings. The fourth-order valence-corrected chi connectivity index (χ4v) is 3.99. The highest BCUT2D eigenvalue weighted by Crippen LogP contribution is 2.45. The number of hydrogen-bond donors (Lipinski definition) is 3. The van der Waals surface area contributed by atoms with Crippen LogP contribution in [0.4, 0.5) is 33.5 Å². The number of carbonyl (C=O) groups is 1. The Labute approximate surface area is 222 Å². The Kier molecular flexibility index (Phi) is 7.50. The predicted molar refractivity (Wildman–Crippen MR) is 138 cm³/mol. The van der Waals surface area contributed by atoms with E-state index in [1.165, 1.54) is 47.3 Å². The smallest absolute Gasteiger partial charge is 0.346 e. The van der Waals surface area contributed by atoms with Gasteiger partial charge < -0.3 is 34.5 Å². The van der Waals surface area contributed by atoms with Crippen LogP contribution in [0.2, 0.25) is 0 Å². The molecule has 208 valence electrons. The van der Waals surface area contributed by atoms with E-state index in [-0.39, 0.29) is 29.2 Å². The molecule has 0 radical (unpaired) electrons. The summed E-state index contributed by atoms with van der Waals surface area (Å²) in [5.41, 5.74) is -0.932. The molecule has 0 aliphatic carbocycles. The van der Waals surface area contributed by atoms with Crippen LogP contribution in [0.25, 0.3) is 0 Å². The molecular weight excluding hydrogens is 538 g/mol. The molecule has 1 unspecified atom stereocenters. The van der Waals surface area contributed by atoms with E-state index >= 15 is 0 Å². The van der Waals surface area contributed by atoms with E-state index in [4.69, 9.17) is 23.6 Å². The Balaban J connectivity index is 1.64. The van der Waals surface area contributed by atoms with E-state index in [9.17, 15) is 18.6 Å². The third-order valence-corrected chi connectivity index (χ3v) is 5.71. The SMILES string of the molecule is COc1cc(Nc2ncc(F)c(Nc3ccc4c(n3)N(OP(C)(=O)O)C(=O)C(C)(C)O4)n2)cc(OC)c1OC. The molecule has 0 fully saturated rings. The maximum absolute atomic E-state index is 14.6. The summed E-state index contributed by atoms with van der Waals surface area (Å²) in [6.07, 6.45) is 0.942. The number of hydroxylamine groups is 1. The maximum atomic E-state index is 14.6. The lowest BCUT2D eigenvalue weighted by atomic mass is 10.1. The molecule has 1 atom stereocenters. The second-order valence-corrected chi connectivity index (χ2v) is 10.4. The number of aromatic nitrogens is 3. The van der Waals surface area contributed by atoms with Crippen molar-refractivity contribution in [1.82, 2.24) is 15.0 Å². The summed E-state index contributed by atoms with van der Waals surface area (Å²) in [5.74, 6) is -0.740. The van der Waals surface area contributed by atoms with Crippen LogP contribution in [-0.2, 0) is 14.0 Å². The molecule has 14 nitrogen and oxygen atoms in total. The molecule has 2 aromatic heterocycles. The maximum Gasteiger partial charge on any atom is 0.346 e. The van der Waals surface area contributed by atoms with Crippen molar-refractivity contribution in [1.29, 1.82) is 0 Å². The molecule has 4 rings (SSSR count). The number of hydrogen-bond acceptors (Lipinski definition) is 12. The fourth-order valence-electron chi connectivity index (χ4n) is 3.54. The first kappa shape index (κ1) is 27.8. The number of pyridine rings is 1. The van der Waals surface area contributed by atoms with Crippen LogP contribution >= 0.6 is 7.60 Å². The topological polar surface area (TPSA) is 166 Å². The summed E-state index contributed by atoms with van der Waals surface area (Å²) in [6.45, 7) is 3.86. The van der Waals surface area contributed by atoms with Gasteiger partial charge in [0.15, 0.2) is 34.5 Å². The van der Waals surface area contributed by atoms with Crippen LogP contribution in [0.1, 0.15) is 13.8 Å². The van der Waals surface area contributed by atoms with Crippen molar-refractivity contribution in [3.8, 4) is 23.0 Å². The van der Waals surface area contributed by atoms with Crippen molar-refractivity contribution < 1.29 is 42.2 Å². The van der Waals surface area contributed by atoms with Gasteiger partial charge in [0.25, 0.3) is 5.91 Å². The normalized spacial score (nSPS) is 15.5. The molecule has 3 N–H and O–H groups in total. The minimum atomic E-state index is -4.16. The lowest BCUT2D eigenvalue weighted by molar-refractivity contribution is -0.138. The lowest BCUT2D eigenvalue weighted by Gasteiger charge is -2.36. The van der Waals surface area contributed by atoms with E-state index in [1.807, 2.05) is 0 Å². The standard InChI is InChI=1S/C23H26FN6O8P/c1-23(2)21(31)30(38-39(6,32)33)20-14(37-23)7-8-17(28-20)27-19-13(24)11-25-22(29-19)26-12-9-15(34-3)18(36-5)16(10-12)35-4/h7-11H,1-6H3,(H,32,33)(H2,25,26,27,28,29). The molecule has 16 heteroatoms. The molecule has 1 aromatic carbocycles. The number of carbonyl (C=O) groups excluding carboxylic acids is 1. The van der Waals surface area contributed by atoms with Gasteiger partial charge in [0.2, 0.25) is 17.5 Å². The van der Waals surface area contributed by atoms with Gasteiger partial charge in [-0.25, -0.2) is 14.4 Å². The van der Waals surface area contributed by atoms with E-state index in [0.29, 0.717) is 28.0 Å². The highest BCUT2D eigenvalue weighted by molar-refractivity contribution is 7.52. The number of anilines is 5. The van der Waals surface area contributed by atoms with Crippen LogP contribution in [-0.4, -0.2) is 59.3 Å². The molecule has 0 saturated carbocycles. The number of ether oxygens (including phenoxy) is 4. The monoisotopic (exact) mass is 564 g/mol. The number of benzene rings is 1. The fraction of sp³-hybridized carbons (Fsp3) is 0.304. The van der Waals surface area contributed by atoms with Gasteiger partial charge in [-0.1, -0.05) is 0 Å². The third kappa shape index (κ3) is 5.95. The number of nitrogens with zero attached hydrogens (tertiary/aromatic N) is 4. The predicted octanol–water partition coefficient (Wildman–Crippen LogP) is 3.77. The first-order valence-corrected chi connectivity index (χ1v) is 13.3. The van der Waals surface area contributed by atoms with E-state index in [1.54, 1.807) is 12.1 Å². The molecule has 0 saturated heterocycles. The Morgan fingerprint density at radius 2 is 1.74 bits per heavy atom. The largest absolute Gasteiger partial charge is 0.493 e. The number of amides is 1. The summed E-state index contributed by atoms with van der Waals surface area (Å²) < 4.78 is 53.2. The minimum absolute atomic E-state index is 0.0172. The quantitative estimate of drug-likeness (QED) is 0.322. The second-order valence-electron chi connectivity index (χ2n) is 8.67. The Morgan fingerprint density at radius 1 is 1.08 bits per heavy atom. The van der Waals surface area contributed by atoms with Crippen LogP contribution < -0.4 is 34.6 Å². The van der Waals surface area contributed by atoms with E-state index < -0.39 is 24.9 Å². The molecule has 1 aliphatic rings. The van der Waals surface area contributed by atoms with Crippen molar-refractivity contribution in [2.45, 2.75) is 19.4 Å². The summed E-state index contributed by atoms with van der Waals surface area (Å²) >= 11 is 0. The minimum Gasteiger partial charge on any atom is -0.493 e. The van der Waals surface area contributed by atoms with E-state index in [0.717, 1.165) is 12.9 Å². The Hall–Kier alpha value is -4.20. The first-order chi connectivity index (χ1) is 18.3. The van der Waals surface area contributed by atoms with Crippen molar-refractivity contribution in [2.75, 3.05) is 43.7 Å². The van der Waals surface area contributed by atoms with Gasteiger partial charge in [-0.15, -0.1) is 0 Å². The van der Waals surface area contributed by atoms with Gasteiger partial charge in [0.1, 0.15) is 5.82 Å². The second kappa shape index (κ2) is 10.5. The average Bonchev–Trinajstić information content (AvgIpc) is 2.87. The Bertz CT molecular complexity index is 1440. The molecular formula is C23H26FN6O8P. The van der Waals surface area contributed by atoms with Gasteiger partial charge in [0, 0.05) is 24.5 Å². The number of halogens is 1. The van der Waals surface area contributed by atoms with E-state index in [2.05, 4.69) is 25.6 Å². The number of fused-ring (bicyclic) bond motifs is 1. The lowest BCUT2D eigenvalue weighted by Crippen LogP contribution is -2.52. The zero-order valence-electron chi connectivity index (χ0n) is 21.8.